The van der Waals surface area contributed by atoms with Crippen molar-refractivity contribution in [2.45, 2.75) is 13.0 Å². The first kappa shape index (κ1) is 23.9. The number of hydrogen-bond donors (Lipinski definition) is 3. The largest absolute Gasteiger partial charge is 0.495 e. The quantitative estimate of drug-likeness (QED) is 0.449. The Bertz CT molecular complexity index is 1300. The Kier molecular flexibility index (Phi) is 7.07. The smallest absolute Gasteiger partial charge is 0.265 e. The monoisotopic (exact) mass is 495 g/mol. The molecule has 1 heterocycles. The van der Waals surface area contributed by atoms with E-state index in [1.54, 1.807) is 67.6 Å². The number of halogens is 1. The van der Waals surface area contributed by atoms with Crippen molar-refractivity contribution in [3.8, 4) is 17.2 Å². The summed E-state index contributed by atoms with van der Waals surface area (Å²) < 4.78 is 16.2. The van der Waals surface area contributed by atoms with E-state index in [0.717, 1.165) is 0 Å². The molecule has 10 heteroatoms. The van der Waals surface area contributed by atoms with E-state index < -0.39 is 17.9 Å². The highest BCUT2D eigenvalue weighted by Gasteiger charge is 2.24. The van der Waals surface area contributed by atoms with Gasteiger partial charge >= 0.3 is 0 Å². The standard InChI is InChI=1S/C25H22ClN3O6/c1-14-24(31)29-19-12-16(8-10-22(19)35-14)28-25(32)17-5-3-4-6-20(17)34-13-23(30)27-15-7-9-21(33-2)18(26)11-15/h3-12,14H,13H2,1-2H3,(H,27,30)(H,28,32)(H,29,31). The lowest BCUT2D eigenvalue weighted by Gasteiger charge is -2.23. The molecule has 0 saturated carbocycles. The average molecular weight is 496 g/mol. The van der Waals surface area contributed by atoms with Crippen LogP contribution in [0, 0.1) is 0 Å². The van der Waals surface area contributed by atoms with Crippen molar-refractivity contribution in [1.82, 2.24) is 0 Å². The Labute approximate surface area is 206 Å². The summed E-state index contributed by atoms with van der Waals surface area (Å²) in [4.78, 5) is 37.1. The predicted molar refractivity (Wildman–Crippen MR) is 132 cm³/mol. The van der Waals surface area contributed by atoms with Crippen LogP contribution in [0.3, 0.4) is 0 Å². The summed E-state index contributed by atoms with van der Waals surface area (Å²) in [6.45, 7) is 1.33. The molecule has 35 heavy (non-hydrogen) atoms. The van der Waals surface area contributed by atoms with E-state index in [9.17, 15) is 14.4 Å². The lowest BCUT2D eigenvalue weighted by molar-refractivity contribution is -0.122. The molecule has 3 aromatic carbocycles. The minimum Gasteiger partial charge on any atom is -0.495 e. The normalized spacial score (nSPS) is 14.1. The second-order valence-electron chi connectivity index (χ2n) is 7.60. The topological polar surface area (TPSA) is 115 Å². The number of carbonyl (C=O) groups is 3. The third-order valence-electron chi connectivity index (χ3n) is 5.09. The fraction of sp³-hybridized carbons (Fsp3) is 0.160. The first-order chi connectivity index (χ1) is 16.8. The molecule has 1 aliphatic heterocycles. The van der Waals surface area contributed by atoms with Crippen LogP contribution in [-0.4, -0.2) is 37.5 Å². The summed E-state index contributed by atoms with van der Waals surface area (Å²) >= 11 is 6.08. The summed E-state index contributed by atoms with van der Waals surface area (Å²) in [6, 6.07) is 16.3. The molecule has 0 bridgehead atoms. The van der Waals surface area contributed by atoms with E-state index in [1.807, 2.05) is 0 Å². The highest BCUT2D eigenvalue weighted by Crippen LogP contribution is 2.32. The Morgan fingerprint density at radius 1 is 1.03 bits per heavy atom. The van der Waals surface area contributed by atoms with Gasteiger partial charge in [0, 0.05) is 11.4 Å². The van der Waals surface area contributed by atoms with Gasteiger partial charge in [0.1, 0.15) is 17.2 Å². The molecule has 3 amide bonds. The summed E-state index contributed by atoms with van der Waals surface area (Å²) in [5, 5.41) is 8.54. The third-order valence-corrected chi connectivity index (χ3v) is 5.39. The molecule has 3 aromatic rings. The van der Waals surface area contributed by atoms with Crippen molar-refractivity contribution in [2.24, 2.45) is 0 Å². The zero-order valence-corrected chi connectivity index (χ0v) is 19.6. The van der Waals surface area contributed by atoms with Crippen LogP contribution in [0.5, 0.6) is 17.2 Å². The van der Waals surface area contributed by atoms with Gasteiger partial charge in [0.05, 0.1) is 23.4 Å². The van der Waals surface area contributed by atoms with Gasteiger partial charge in [0.25, 0.3) is 17.7 Å². The van der Waals surface area contributed by atoms with Gasteiger partial charge in [0.15, 0.2) is 12.7 Å². The van der Waals surface area contributed by atoms with Crippen molar-refractivity contribution in [3.05, 3.63) is 71.2 Å². The minimum atomic E-state index is -0.592. The summed E-state index contributed by atoms with van der Waals surface area (Å²) in [7, 11) is 1.50. The Morgan fingerprint density at radius 3 is 2.54 bits per heavy atom. The fourth-order valence-corrected chi connectivity index (χ4v) is 3.61. The van der Waals surface area contributed by atoms with Gasteiger partial charge in [-0.05, 0) is 55.5 Å². The number of anilines is 3. The van der Waals surface area contributed by atoms with Crippen LogP contribution in [0.15, 0.2) is 60.7 Å². The molecule has 0 aromatic heterocycles. The Hall–Kier alpha value is -4.24. The molecule has 0 fully saturated rings. The van der Waals surface area contributed by atoms with Crippen LogP contribution in [0.1, 0.15) is 17.3 Å². The van der Waals surface area contributed by atoms with Crippen LogP contribution < -0.4 is 30.2 Å². The van der Waals surface area contributed by atoms with Crippen molar-refractivity contribution in [1.29, 1.82) is 0 Å². The SMILES string of the molecule is COc1ccc(NC(=O)COc2ccccc2C(=O)Nc2ccc3c(c2)NC(=O)C(C)O3)cc1Cl. The number of ether oxygens (including phenoxy) is 3. The number of rotatable bonds is 7. The van der Waals surface area contributed by atoms with Crippen molar-refractivity contribution < 1.29 is 28.6 Å². The molecule has 0 radical (unpaired) electrons. The maximum atomic E-state index is 12.9. The second-order valence-corrected chi connectivity index (χ2v) is 8.00. The second kappa shape index (κ2) is 10.4. The van der Waals surface area contributed by atoms with Crippen LogP contribution in [0.2, 0.25) is 5.02 Å². The first-order valence-corrected chi connectivity index (χ1v) is 11.0. The molecule has 0 spiro atoms. The number of methoxy groups -OCH3 is 1. The van der Waals surface area contributed by atoms with Gasteiger partial charge in [0.2, 0.25) is 0 Å². The third kappa shape index (κ3) is 5.64. The van der Waals surface area contributed by atoms with Crippen LogP contribution in [0.25, 0.3) is 0 Å². The molecule has 1 atom stereocenters. The number of amides is 3. The number of benzene rings is 3. The van der Waals surface area contributed by atoms with E-state index in [0.29, 0.717) is 33.6 Å². The van der Waals surface area contributed by atoms with Gasteiger partial charge < -0.3 is 30.2 Å². The van der Waals surface area contributed by atoms with Gasteiger partial charge in [-0.15, -0.1) is 0 Å². The number of para-hydroxylation sites is 1. The predicted octanol–water partition coefficient (Wildman–Crippen LogP) is 4.34. The van der Waals surface area contributed by atoms with Gasteiger partial charge in [-0.1, -0.05) is 23.7 Å². The van der Waals surface area contributed by atoms with Crippen LogP contribution in [0.4, 0.5) is 17.1 Å². The number of hydrogen-bond acceptors (Lipinski definition) is 6. The zero-order chi connectivity index (χ0) is 24.9. The molecular formula is C25H22ClN3O6. The highest BCUT2D eigenvalue weighted by molar-refractivity contribution is 6.32. The molecule has 3 N–H and O–H groups in total. The lowest BCUT2D eigenvalue weighted by Crippen LogP contribution is -2.34. The lowest BCUT2D eigenvalue weighted by atomic mass is 10.1. The van der Waals surface area contributed by atoms with E-state index in [1.165, 1.54) is 7.11 Å². The van der Waals surface area contributed by atoms with Crippen LogP contribution in [-0.2, 0) is 9.59 Å². The molecule has 0 saturated heterocycles. The van der Waals surface area contributed by atoms with Crippen LogP contribution >= 0.6 is 11.6 Å². The van der Waals surface area contributed by atoms with Gasteiger partial charge in [-0.3, -0.25) is 14.4 Å². The van der Waals surface area contributed by atoms with E-state index in [4.69, 9.17) is 25.8 Å². The Balaban J connectivity index is 1.40. The van der Waals surface area contributed by atoms with Crippen molar-refractivity contribution in [2.75, 3.05) is 29.7 Å². The molecular weight excluding hydrogens is 474 g/mol. The van der Waals surface area contributed by atoms with Gasteiger partial charge in [-0.2, -0.15) is 0 Å². The van der Waals surface area contributed by atoms with E-state index in [2.05, 4.69) is 16.0 Å². The van der Waals surface area contributed by atoms with E-state index in [-0.39, 0.29) is 23.8 Å². The van der Waals surface area contributed by atoms with Crippen molar-refractivity contribution >= 4 is 46.4 Å². The first-order valence-electron chi connectivity index (χ1n) is 10.6. The average Bonchev–Trinajstić information content (AvgIpc) is 2.84. The molecule has 0 aliphatic carbocycles. The summed E-state index contributed by atoms with van der Waals surface area (Å²) in [5.74, 6) is 0.0962. The van der Waals surface area contributed by atoms with E-state index >= 15 is 0 Å². The molecule has 4 rings (SSSR count). The summed E-state index contributed by atoms with van der Waals surface area (Å²) in [5.41, 5.74) is 1.63. The minimum absolute atomic E-state index is 0.233. The fourth-order valence-electron chi connectivity index (χ4n) is 3.35. The number of fused-ring (bicyclic) bond motifs is 1. The number of carbonyl (C=O) groups excluding carboxylic acids is 3. The zero-order valence-electron chi connectivity index (χ0n) is 18.9. The molecule has 9 nitrogen and oxygen atoms in total. The maximum absolute atomic E-state index is 12.9. The molecule has 180 valence electrons. The molecule has 1 aliphatic rings. The maximum Gasteiger partial charge on any atom is 0.265 e. The highest BCUT2D eigenvalue weighted by atomic mass is 35.5. The number of nitrogens with one attached hydrogen (secondary N) is 3. The van der Waals surface area contributed by atoms with Gasteiger partial charge in [-0.25, -0.2) is 0 Å². The molecule has 1 unspecified atom stereocenters. The van der Waals surface area contributed by atoms with Crippen molar-refractivity contribution in [3.63, 3.8) is 0 Å². The Morgan fingerprint density at radius 2 is 1.77 bits per heavy atom. The summed E-state index contributed by atoms with van der Waals surface area (Å²) in [6.07, 6.45) is -0.592.